The largest absolute Gasteiger partial charge is 0.391 e. The Balaban J connectivity index is 2.25. The first-order valence-electron chi connectivity index (χ1n) is 7.44. The minimum atomic E-state index is -4.38. The van der Waals surface area contributed by atoms with E-state index < -0.39 is 24.1 Å². The molecule has 1 atom stereocenters. The van der Waals surface area contributed by atoms with Crippen molar-refractivity contribution in [1.29, 1.82) is 0 Å². The highest BCUT2D eigenvalue weighted by atomic mass is 35.5. The van der Waals surface area contributed by atoms with E-state index in [-0.39, 0.29) is 17.0 Å². The van der Waals surface area contributed by atoms with Gasteiger partial charge in [0.25, 0.3) is 5.56 Å². The molecule has 0 unspecified atom stereocenters. The van der Waals surface area contributed by atoms with Gasteiger partial charge in [-0.15, -0.1) is 0 Å². The Kier molecular flexibility index (Phi) is 4.32. The summed E-state index contributed by atoms with van der Waals surface area (Å²) in [6.07, 6.45) is -3.41. The summed E-state index contributed by atoms with van der Waals surface area (Å²) in [5.41, 5.74) is 0.219. The lowest BCUT2D eigenvalue weighted by atomic mass is 10.1. The highest BCUT2D eigenvalue weighted by Gasteiger charge is 2.37. The Morgan fingerprint density at radius 1 is 1.24 bits per heavy atom. The van der Waals surface area contributed by atoms with Crippen LogP contribution in [0, 0.1) is 5.92 Å². The number of benzene rings is 1. The third kappa shape index (κ3) is 3.26. The van der Waals surface area contributed by atoms with E-state index in [0.29, 0.717) is 10.7 Å². The van der Waals surface area contributed by atoms with Crippen LogP contribution >= 0.6 is 11.6 Å². The second-order valence-electron chi connectivity index (χ2n) is 5.82. The molecule has 1 aromatic carbocycles. The first-order valence-corrected chi connectivity index (χ1v) is 7.82. The predicted molar refractivity (Wildman–Crippen MR) is 88.0 cm³/mol. The lowest BCUT2D eigenvalue weighted by molar-refractivity contribution is -0.169. The van der Waals surface area contributed by atoms with Gasteiger partial charge >= 0.3 is 6.18 Å². The monoisotopic (exact) mass is 370 g/mol. The maximum absolute atomic E-state index is 13.0. The average Bonchev–Trinajstić information content (AvgIpc) is 2.90. The molecule has 0 amide bonds. The van der Waals surface area contributed by atoms with Gasteiger partial charge in [-0.05, 0) is 24.3 Å². The fourth-order valence-corrected chi connectivity index (χ4v) is 2.61. The molecule has 9 heteroatoms. The molecule has 0 fully saturated rings. The first-order chi connectivity index (χ1) is 11.7. The summed E-state index contributed by atoms with van der Waals surface area (Å²) in [6.45, 7) is 1.06. The first kappa shape index (κ1) is 17.5. The number of nitrogens with zero attached hydrogens (tertiary/aromatic N) is 4. The number of hydrogen-bond donors (Lipinski definition) is 0. The van der Waals surface area contributed by atoms with Crippen molar-refractivity contribution in [2.45, 2.75) is 19.5 Å². The zero-order valence-corrected chi connectivity index (χ0v) is 14.1. The van der Waals surface area contributed by atoms with Crippen molar-refractivity contribution in [3.63, 3.8) is 0 Å². The van der Waals surface area contributed by atoms with E-state index in [9.17, 15) is 18.0 Å². The van der Waals surface area contributed by atoms with Crippen LogP contribution in [0.1, 0.15) is 12.7 Å². The van der Waals surface area contributed by atoms with Gasteiger partial charge in [0.15, 0.2) is 11.2 Å². The summed E-state index contributed by atoms with van der Waals surface area (Å²) >= 11 is 5.85. The maximum atomic E-state index is 13.0. The molecule has 0 aliphatic heterocycles. The summed E-state index contributed by atoms with van der Waals surface area (Å²) < 4.78 is 41.7. The molecule has 25 heavy (non-hydrogen) atoms. The van der Waals surface area contributed by atoms with Gasteiger partial charge in [-0.3, -0.25) is 9.36 Å². The molecule has 132 valence electrons. The number of rotatable bonds is 3. The smallest absolute Gasteiger partial charge is 0.318 e. The number of imidazole rings is 1. The Morgan fingerprint density at radius 3 is 2.48 bits per heavy atom. The van der Waals surface area contributed by atoms with Gasteiger partial charge in [0.2, 0.25) is 0 Å². The van der Waals surface area contributed by atoms with Crippen molar-refractivity contribution in [3.05, 3.63) is 51.8 Å². The van der Waals surface area contributed by atoms with Crippen LogP contribution in [-0.2, 0) is 13.5 Å². The van der Waals surface area contributed by atoms with Crippen LogP contribution in [0.2, 0.25) is 5.02 Å². The zero-order valence-electron chi connectivity index (χ0n) is 13.4. The Morgan fingerprint density at radius 2 is 1.88 bits per heavy atom. The van der Waals surface area contributed by atoms with E-state index in [0.717, 1.165) is 11.5 Å². The minimum Gasteiger partial charge on any atom is -0.318 e. The second-order valence-corrected chi connectivity index (χ2v) is 6.26. The van der Waals surface area contributed by atoms with E-state index >= 15 is 0 Å². The molecule has 0 spiro atoms. The fourth-order valence-electron chi connectivity index (χ4n) is 2.48. The third-order valence-electron chi connectivity index (χ3n) is 3.94. The number of alkyl halides is 3. The molecule has 5 nitrogen and oxygen atoms in total. The summed E-state index contributed by atoms with van der Waals surface area (Å²) in [5, 5.41) is 0.453. The van der Waals surface area contributed by atoms with Crippen LogP contribution < -0.4 is 5.56 Å². The van der Waals surface area contributed by atoms with Gasteiger partial charge in [0, 0.05) is 18.5 Å². The van der Waals surface area contributed by atoms with Gasteiger partial charge in [0.1, 0.15) is 5.82 Å². The molecule has 0 aliphatic rings. The highest BCUT2D eigenvalue weighted by molar-refractivity contribution is 6.30. The SMILES string of the molecule is C[C@H](Cc1nc2c(ncn2C)c(=O)n1-c1ccc(Cl)cc1)C(F)(F)F. The van der Waals surface area contributed by atoms with Crippen LogP contribution in [0.5, 0.6) is 0 Å². The molecular weight excluding hydrogens is 357 g/mol. The molecule has 0 N–H and O–H groups in total. The second kappa shape index (κ2) is 6.18. The molecule has 3 aromatic rings. The summed E-state index contributed by atoms with van der Waals surface area (Å²) in [5.74, 6) is -1.63. The van der Waals surface area contributed by atoms with Crippen molar-refractivity contribution in [2.75, 3.05) is 0 Å². The number of aromatic nitrogens is 4. The normalized spacial score (nSPS) is 13.4. The molecule has 0 saturated carbocycles. The van der Waals surface area contributed by atoms with Crippen LogP contribution in [-0.4, -0.2) is 25.3 Å². The van der Waals surface area contributed by atoms with Crippen LogP contribution in [0.3, 0.4) is 0 Å². The van der Waals surface area contributed by atoms with Crippen molar-refractivity contribution in [1.82, 2.24) is 19.1 Å². The topological polar surface area (TPSA) is 52.7 Å². The maximum Gasteiger partial charge on any atom is 0.391 e. The molecule has 0 saturated heterocycles. The number of halogens is 4. The Hall–Kier alpha value is -2.35. The molecule has 3 rings (SSSR count). The van der Waals surface area contributed by atoms with E-state index in [1.807, 2.05) is 0 Å². The van der Waals surface area contributed by atoms with E-state index in [1.54, 1.807) is 31.3 Å². The van der Waals surface area contributed by atoms with Crippen molar-refractivity contribution in [2.24, 2.45) is 13.0 Å². The lowest BCUT2D eigenvalue weighted by Gasteiger charge is -2.18. The minimum absolute atomic E-state index is 0.0215. The van der Waals surface area contributed by atoms with Crippen molar-refractivity contribution < 1.29 is 13.2 Å². The van der Waals surface area contributed by atoms with E-state index in [2.05, 4.69) is 9.97 Å². The van der Waals surface area contributed by atoms with Crippen molar-refractivity contribution >= 4 is 22.8 Å². The number of fused-ring (bicyclic) bond motifs is 1. The molecule has 0 aliphatic carbocycles. The van der Waals surface area contributed by atoms with E-state index in [1.165, 1.54) is 10.9 Å². The summed E-state index contributed by atoms with van der Waals surface area (Å²) in [7, 11) is 1.63. The average molecular weight is 371 g/mol. The van der Waals surface area contributed by atoms with Crippen molar-refractivity contribution in [3.8, 4) is 5.69 Å². The molecule has 0 radical (unpaired) electrons. The quantitative estimate of drug-likeness (QED) is 0.709. The Bertz CT molecular complexity index is 976. The number of aryl methyl sites for hydroxylation is 1. The van der Waals surface area contributed by atoms with Crippen LogP contribution in [0.15, 0.2) is 35.4 Å². The van der Waals surface area contributed by atoms with Gasteiger partial charge < -0.3 is 4.57 Å². The lowest BCUT2D eigenvalue weighted by Crippen LogP contribution is -2.29. The third-order valence-corrected chi connectivity index (χ3v) is 4.19. The van der Waals surface area contributed by atoms with Gasteiger partial charge in [0.05, 0.1) is 17.9 Å². The van der Waals surface area contributed by atoms with Gasteiger partial charge in [-0.1, -0.05) is 18.5 Å². The van der Waals surface area contributed by atoms with Crippen LogP contribution in [0.25, 0.3) is 16.9 Å². The fraction of sp³-hybridized carbons (Fsp3) is 0.312. The van der Waals surface area contributed by atoms with Gasteiger partial charge in [-0.25, -0.2) is 9.97 Å². The van der Waals surface area contributed by atoms with Crippen LogP contribution in [0.4, 0.5) is 13.2 Å². The van der Waals surface area contributed by atoms with E-state index in [4.69, 9.17) is 11.6 Å². The van der Waals surface area contributed by atoms with Gasteiger partial charge in [-0.2, -0.15) is 13.2 Å². The highest BCUT2D eigenvalue weighted by Crippen LogP contribution is 2.29. The Labute approximate surface area is 145 Å². The molecule has 2 aromatic heterocycles. The summed E-state index contributed by atoms with van der Waals surface area (Å²) in [4.78, 5) is 21.1. The predicted octanol–water partition coefficient (Wildman–Crippen LogP) is 3.51. The molecule has 2 heterocycles. The number of hydrogen-bond acceptors (Lipinski definition) is 3. The standard InChI is InChI=1S/C16H14ClF3N4O/c1-9(16(18,19)20)7-12-22-14-13(21-8-23(14)2)15(25)24(12)11-5-3-10(17)4-6-11/h3-6,8-9H,7H2,1-2H3/t9-/m1/s1. The summed E-state index contributed by atoms with van der Waals surface area (Å²) in [6, 6.07) is 6.23. The molecular formula is C16H14ClF3N4O. The molecule has 0 bridgehead atoms. The zero-order chi connectivity index (χ0) is 18.4.